The minimum Gasteiger partial charge on any atom is -0.224 e. The lowest BCUT2D eigenvalue weighted by atomic mass is 10.2. The standard InChI is InChI=1S/C14H23BrO2SSi/c1-12-5-7-14(8-6-12)18(16,17)11-13(15)9-10-19(2,3)4/h5-8,13H,9-11H2,1-4H3. The molecule has 0 aliphatic carbocycles. The lowest BCUT2D eigenvalue weighted by Crippen LogP contribution is -2.23. The highest BCUT2D eigenvalue weighted by molar-refractivity contribution is 9.09. The number of sulfone groups is 1. The van der Waals surface area contributed by atoms with E-state index in [1.807, 2.05) is 19.1 Å². The first-order valence-corrected chi connectivity index (χ1v) is 12.8. The molecule has 1 aromatic carbocycles. The number of hydrogen-bond acceptors (Lipinski definition) is 2. The summed E-state index contributed by atoms with van der Waals surface area (Å²) in [6.45, 7) is 8.88. The third kappa shape index (κ3) is 6.23. The molecule has 0 aliphatic rings. The summed E-state index contributed by atoms with van der Waals surface area (Å²) in [4.78, 5) is 0.473. The SMILES string of the molecule is Cc1ccc(S(=O)(=O)CC(Br)CC[Si](C)(C)C)cc1. The molecule has 0 aromatic heterocycles. The number of aryl methyl sites for hydroxylation is 1. The minimum atomic E-state index is -3.18. The first kappa shape index (κ1) is 16.9. The summed E-state index contributed by atoms with van der Waals surface area (Å²) < 4.78 is 24.5. The second-order valence-corrected chi connectivity index (χ2v) is 15.2. The molecule has 0 spiro atoms. The maximum atomic E-state index is 12.3. The van der Waals surface area contributed by atoms with Gasteiger partial charge in [-0.25, -0.2) is 8.42 Å². The molecular formula is C14H23BrO2SSi. The van der Waals surface area contributed by atoms with Gasteiger partial charge in [-0.05, 0) is 25.5 Å². The lowest BCUT2D eigenvalue weighted by Gasteiger charge is -2.18. The highest BCUT2D eigenvalue weighted by atomic mass is 79.9. The van der Waals surface area contributed by atoms with E-state index in [0.717, 1.165) is 18.0 Å². The topological polar surface area (TPSA) is 34.1 Å². The summed E-state index contributed by atoms with van der Waals surface area (Å²) in [6.07, 6.45) is 0.931. The third-order valence-corrected chi connectivity index (χ3v) is 7.82. The van der Waals surface area contributed by atoms with E-state index in [1.54, 1.807) is 12.1 Å². The molecule has 2 nitrogen and oxygen atoms in total. The predicted octanol–water partition coefficient (Wildman–Crippen LogP) is 4.26. The number of rotatable bonds is 6. The Morgan fingerprint density at radius 3 is 2.16 bits per heavy atom. The Hall–Kier alpha value is -0.133. The van der Waals surface area contributed by atoms with Gasteiger partial charge in [0.05, 0.1) is 10.6 Å². The van der Waals surface area contributed by atoms with Gasteiger partial charge in [-0.15, -0.1) is 0 Å². The van der Waals surface area contributed by atoms with Gasteiger partial charge in [-0.2, -0.15) is 0 Å². The quantitative estimate of drug-likeness (QED) is 0.559. The molecule has 5 heteroatoms. The predicted molar refractivity (Wildman–Crippen MR) is 88.7 cm³/mol. The molecule has 1 atom stereocenters. The van der Waals surface area contributed by atoms with Crippen LogP contribution in [0.4, 0.5) is 0 Å². The monoisotopic (exact) mass is 362 g/mol. The largest absolute Gasteiger partial charge is 0.224 e. The van der Waals surface area contributed by atoms with Crippen molar-refractivity contribution in [3.05, 3.63) is 29.8 Å². The van der Waals surface area contributed by atoms with Gasteiger partial charge < -0.3 is 0 Å². The average Bonchev–Trinajstić information content (AvgIpc) is 2.25. The van der Waals surface area contributed by atoms with E-state index in [9.17, 15) is 8.42 Å². The summed E-state index contributed by atoms with van der Waals surface area (Å²) in [6, 6.07) is 8.23. The van der Waals surface area contributed by atoms with Gasteiger partial charge in [0.15, 0.2) is 9.84 Å². The maximum absolute atomic E-state index is 12.3. The van der Waals surface area contributed by atoms with Crippen LogP contribution in [0.5, 0.6) is 0 Å². The van der Waals surface area contributed by atoms with Gasteiger partial charge in [0.2, 0.25) is 0 Å². The number of halogens is 1. The summed E-state index contributed by atoms with van der Waals surface area (Å²) >= 11 is 3.52. The molecule has 0 fully saturated rings. The second-order valence-electron chi connectivity index (χ2n) is 6.29. The fourth-order valence-corrected chi connectivity index (χ4v) is 6.05. The van der Waals surface area contributed by atoms with Crippen molar-refractivity contribution in [1.82, 2.24) is 0 Å². The summed E-state index contributed by atoms with van der Waals surface area (Å²) in [5.41, 5.74) is 1.08. The van der Waals surface area contributed by atoms with Gasteiger partial charge in [0, 0.05) is 12.9 Å². The molecular weight excluding hydrogens is 340 g/mol. The van der Waals surface area contributed by atoms with E-state index in [4.69, 9.17) is 0 Å². The van der Waals surface area contributed by atoms with Crippen molar-refractivity contribution in [2.45, 2.75) is 48.8 Å². The van der Waals surface area contributed by atoms with Crippen LogP contribution in [-0.4, -0.2) is 27.1 Å². The first-order chi connectivity index (χ1) is 8.60. The number of alkyl halides is 1. The molecule has 0 amide bonds. The van der Waals surface area contributed by atoms with Crippen molar-refractivity contribution < 1.29 is 8.42 Å². The van der Waals surface area contributed by atoms with Crippen LogP contribution in [-0.2, 0) is 9.84 Å². The van der Waals surface area contributed by atoms with Crippen molar-refractivity contribution in [2.24, 2.45) is 0 Å². The second kappa shape index (κ2) is 6.55. The molecule has 0 N–H and O–H groups in total. The number of hydrogen-bond donors (Lipinski definition) is 0. The van der Waals surface area contributed by atoms with Gasteiger partial charge >= 0.3 is 0 Å². The zero-order valence-electron chi connectivity index (χ0n) is 12.1. The molecule has 0 radical (unpaired) electrons. The van der Waals surface area contributed by atoms with E-state index < -0.39 is 17.9 Å². The minimum absolute atomic E-state index is 0.0468. The Bertz CT molecular complexity index is 503. The van der Waals surface area contributed by atoms with Crippen LogP contribution in [0.25, 0.3) is 0 Å². The molecule has 1 rings (SSSR count). The van der Waals surface area contributed by atoms with Crippen molar-refractivity contribution in [3.63, 3.8) is 0 Å². The van der Waals surface area contributed by atoms with E-state index in [0.29, 0.717) is 4.90 Å². The van der Waals surface area contributed by atoms with E-state index in [-0.39, 0.29) is 10.6 Å². The highest BCUT2D eigenvalue weighted by Gasteiger charge is 2.21. The normalized spacial score (nSPS) is 14.4. The first-order valence-electron chi connectivity index (χ1n) is 6.54. The molecule has 19 heavy (non-hydrogen) atoms. The van der Waals surface area contributed by atoms with Crippen LogP contribution in [0.1, 0.15) is 12.0 Å². The lowest BCUT2D eigenvalue weighted by molar-refractivity contribution is 0.594. The molecule has 0 heterocycles. The smallest absolute Gasteiger partial charge is 0.179 e. The summed E-state index contributed by atoms with van der Waals surface area (Å²) in [7, 11) is -4.28. The average molecular weight is 363 g/mol. The molecule has 108 valence electrons. The van der Waals surface area contributed by atoms with Crippen molar-refractivity contribution in [3.8, 4) is 0 Å². The zero-order chi connectivity index (χ0) is 14.7. The van der Waals surface area contributed by atoms with E-state index in [2.05, 4.69) is 35.6 Å². The van der Waals surface area contributed by atoms with Gasteiger partial charge in [0.1, 0.15) is 0 Å². The Kier molecular flexibility index (Phi) is 5.83. The zero-order valence-corrected chi connectivity index (χ0v) is 15.5. The van der Waals surface area contributed by atoms with Gasteiger partial charge in [-0.3, -0.25) is 0 Å². The van der Waals surface area contributed by atoms with Crippen molar-refractivity contribution >= 4 is 33.8 Å². The van der Waals surface area contributed by atoms with Crippen LogP contribution in [0.3, 0.4) is 0 Å². The molecule has 0 bridgehead atoms. The fraction of sp³-hybridized carbons (Fsp3) is 0.571. The van der Waals surface area contributed by atoms with Crippen LogP contribution >= 0.6 is 15.9 Å². The van der Waals surface area contributed by atoms with Crippen LogP contribution in [0, 0.1) is 6.92 Å². The molecule has 0 saturated carbocycles. The fourth-order valence-electron chi connectivity index (χ4n) is 1.75. The number of benzene rings is 1. The van der Waals surface area contributed by atoms with Crippen molar-refractivity contribution in [2.75, 3.05) is 5.75 Å². The molecule has 0 aliphatic heterocycles. The van der Waals surface area contributed by atoms with Gasteiger partial charge in [-0.1, -0.05) is 59.3 Å². The Labute approximate surface area is 126 Å². The van der Waals surface area contributed by atoms with Crippen LogP contribution in [0.15, 0.2) is 29.2 Å². The van der Waals surface area contributed by atoms with E-state index >= 15 is 0 Å². The summed E-state index contributed by atoms with van der Waals surface area (Å²) in [5.74, 6) is 0.181. The maximum Gasteiger partial charge on any atom is 0.179 e. The van der Waals surface area contributed by atoms with Crippen LogP contribution in [0.2, 0.25) is 25.7 Å². The molecule has 1 aromatic rings. The van der Waals surface area contributed by atoms with Crippen LogP contribution < -0.4 is 0 Å². The third-order valence-electron chi connectivity index (χ3n) is 2.99. The Morgan fingerprint density at radius 1 is 1.16 bits per heavy atom. The van der Waals surface area contributed by atoms with Crippen molar-refractivity contribution in [1.29, 1.82) is 0 Å². The Morgan fingerprint density at radius 2 is 1.68 bits per heavy atom. The Balaban J connectivity index is 2.67. The summed E-state index contributed by atoms with van der Waals surface area (Å²) in [5, 5.41) is 0. The van der Waals surface area contributed by atoms with Gasteiger partial charge in [0.25, 0.3) is 0 Å². The van der Waals surface area contributed by atoms with E-state index in [1.165, 1.54) is 0 Å². The highest BCUT2D eigenvalue weighted by Crippen LogP contribution is 2.21. The molecule has 1 unspecified atom stereocenters. The molecule has 0 saturated heterocycles.